The van der Waals surface area contributed by atoms with E-state index in [1.807, 2.05) is 11.1 Å². The summed E-state index contributed by atoms with van der Waals surface area (Å²) in [5, 5.41) is 0. The molecule has 110 valence electrons. The van der Waals surface area contributed by atoms with Gasteiger partial charge in [0.25, 0.3) is 11.8 Å². The van der Waals surface area contributed by atoms with Crippen LogP contribution in [0.1, 0.15) is 43.9 Å². The Morgan fingerprint density at radius 3 is 2.57 bits per heavy atom. The Kier molecular flexibility index (Phi) is 3.74. The molecule has 3 heterocycles. The first-order chi connectivity index (χ1) is 10.1. The van der Waals surface area contributed by atoms with Gasteiger partial charge in [-0.2, -0.15) is 0 Å². The van der Waals surface area contributed by atoms with Crippen LogP contribution in [0.25, 0.3) is 0 Å². The number of amides is 2. The highest BCUT2D eigenvalue weighted by molar-refractivity contribution is 7.15. The molecule has 3 N–H and O–H groups in total. The lowest BCUT2D eigenvalue weighted by Crippen LogP contribution is -2.37. The summed E-state index contributed by atoms with van der Waals surface area (Å²) in [6, 6.07) is 3.28. The topological polar surface area (TPSA) is 92.1 Å². The Hall–Kier alpha value is -2.15. The van der Waals surface area contributed by atoms with E-state index < -0.39 is 5.91 Å². The molecule has 0 spiro atoms. The average molecular weight is 304 g/mol. The van der Waals surface area contributed by atoms with Gasteiger partial charge in [0.05, 0.1) is 9.75 Å². The molecule has 0 atom stereocenters. The summed E-state index contributed by atoms with van der Waals surface area (Å²) in [4.78, 5) is 33.7. The van der Waals surface area contributed by atoms with Crippen LogP contribution in [0.4, 0.5) is 0 Å². The smallest absolute Gasteiger partial charge is 0.263 e. The van der Waals surface area contributed by atoms with Crippen molar-refractivity contribution in [3.63, 3.8) is 0 Å². The van der Waals surface area contributed by atoms with Gasteiger partial charge in [0.1, 0.15) is 5.82 Å². The summed E-state index contributed by atoms with van der Waals surface area (Å²) >= 11 is 1.16. The van der Waals surface area contributed by atoms with Crippen LogP contribution in [0.5, 0.6) is 0 Å². The molecule has 1 aliphatic heterocycles. The number of hydrogen-bond donors (Lipinski definition) is 2. The lowest BCUT2D eigenvalue weighted by molar-refractivity contribution is 0.0716. The van der Waals surface area contributed by atoms with Gasteiger partial charge in [-0.05, 0) is 25.0 Å². The second-order valence-corrected chi connectivity index (χ2v) is 6.15. The fourth-order valence-electron chi connectivity index (χ4n) is 2.60. The molecule has 0 aliphatic carbocycles. The number of aromatic amines is 1. The van der Waals surface area contributed by atoms with Crippen molar-refractivity contribution in [1.29, 1.82) is 0 Å². The summed E-state index contributed by atoms with van der Waals surface area (Å²) < 4.78 is 0. The Labute approximate surface area is 126 Å². The van der Waals surface area contributed by atoms with E-state index in [0.29, 0.717) is 28.8 Å². The largest absolute Gasteiger partial charge is 0.365 e. The van der Waals surface area contributed by atoms with Gasteiger partial charge in [-0.25, -0.2) is 4.98 Å². The SMILES string of the molecule is NC(=O)c1ccc(C(=O)N2CCC(c3ncc[nH]3)CC2)s1. The molecule has 0 aromatic carbocycles. The first kappa shape index (κ1) is 13.8. The second-order valence-electron chi connectivity index (χ2n) is 5.07. The van der Waals surface area contributed by atoms with E-state index in [1.54, 1.807) is 18.3 Å². The second kappa shape index (κ2) is 5.69. The van der Waals surface area contributed by atoms with Gasteiger partial charge in [0.2, 0.25) is 0 Å². The van der Waals surface area contributed by atoms with Gasteiger partial charge in [-0.1, -0.05) is 0 Å². The van der Waals surface area contributed by atoms with Gasteiger partial charge in [-0.15, -0.1) is 11.3 Å². The highest BCUT2D eigenvalue weighted by Crippen LogP contribution is 2.27. The summed E-state index contributed by atoms with van der Waals surface area (Å²) in [7, 11) is 0. The number of rotatable bonds is 3. The highest BCUT2D eigenvalue weighted by Gasteiger charge is 2.26. The Morgan fingerprint density at radius 1 is 1.29 bits per heavy atom. The van der Waals surface area contributed by atoms with Gasteiger partial charge in [-0.3, -0.25) is 9.59 Å². The van der Waals surface area contributed by atoms with E-state index in [1.165, 1.54) is 0 Å². The van der Waals surface area contributed by atoms with Crippen molar-refractivity contribution < 1.29 is 9.59 Å². The lowest BCUT2D eigenvalue weighted by atomic mass is 9.96. The van der Waals surface area contributed by atoms with Crippen molar-refractivity contribution in [2.24, 2.45) is 5.73 Å². The number of imidazole rings is 1. The molecule has 21 heavy (non-hydrogen) atoms. The number of nitrogens with zero attached hydrogens (tertiary/aromatic N) is 2. The van der Waals surface area contributed by atoms with E-state index in [4.69, 9.17) is 5.73 Å². The molecule has 0 unspecified atom stereocenters. The zero-order valence-corrected chi connectivity index (χ0v) is 12.2. The molecule has 3 rings (SSSR count). The zero-order chi connectivity index (χ0) is 14.8. The van der Waals surface area contributed by atoms with E-state index in [9.17, 15) is 9.59 Å². The van der Waals surface area contributed by atoms with Gasteiger partial charge in [0.15, 0.2) is 0 Å². The number of likely N-dealkylation sites (tertiary alicyclic amines) is 1. The van der Waals surface area contributed by atoms with Crippen molar-refractivity contribution in [2.75, 3.05) is 13.1 Å². The van der Waals surface area contributed by atoms with Crippen LogP contribution in [0.3, 0.4) is 0 Å². The molecule has 0 radical (unpaired) electrons. The van der Waals surface area contributed by atoms with E-state index >= 15 is 0 Å². The zero-order valence-electron chi connectivity index (χ0n) is 11.4. The normalized spacial score (nSPS) is 16.1. The lowest BCUT2D eigenvalue weighted by Gasteiger charge is -2.30. The standard InChI is InChI=1S/C14H16N4O2S/c15-12(19)10-1-2-11(21-10)14(20)18-7-3-9(4-8-18)13-16-5-6-17-13/h1-2,5-6,9H,3-4,7-8H2,(H2,15,19)(H,16,17). The van der Waals surface area contributed by atoms with Crippen LogP contribution in [0.2, 0.25) is 0 Å². The fourth-order valence-corrected chi connectivity index (χ4v) is 3.42. The highest BCUT2D eigenvalue weighted by atomic mass is 32.1. The molecule has 1 aliphatic rings. The van der Waals surface area contributed by atoms with Crippen molar-refractivity contribution in [2.45, 2.75) is 18.8 Å². The predicted octanol–water partition coefficient (Wildman–Crippen LogP) is 1.59. The average Bonchev–Trinajstić information content (AvgIpc) is 3.18. The molecular weight excluding hydrogens is 288 g/mol. The first-order valence-corrected chi connectivity index (χ1v) is 7.65. The molecule has 6 nitrogen and oxygen atoms in total. The molecule has 0 saturated carbocycles. The van der Waals surface area contributed by atoms with Gasteiger partial charge >= 0.3 is 0 Å². The summed E-state index contributed by atoms with van der Waals surface area (Å²) in [5.41, 5.74) is 5.21. The quantitative estimate of drug-likeness (QED) is 0.902. The molecular formula is C14H16N4O2S. The minimum atomic E-state index is -0.490. The number of H-pyrrole nitrogens is 1. The number of carbonyl (C=O) groups is 2. The van der Waals surface area contributed by atoms with Crippen LogP contribution in [-0.4, -0.2) is 39.8 Å². The van der Waals surface area contributed by atoms with Crippen LogP contribution in [-0.2, 0) is 0 Å². The van der Waals surface area contributed by atoms with E-state index in [0.717, 1.165) is 30.0 Å². The number of carbonyl (C=O) groups excluding carboxylic acids is 2. The third-order valence-corrected chi connectivity index (χ3v) is 4.84. The number of thiophene rings is 1. The summed E-state index contributed by atoms with van der Waals surface area (Å²) in [5.74, 6) is 0.865. The summed E-state index contributed by atoms with van der Waals surface area (Å²) in [6.45, 7) is 1.40. The van der Waals surface area contributed by atoms with E-state index in [-0.39, 0.29) is 5.91 Å². The number of piperidine rings is 1. The number of aromatic nitrogens is 2. The minimum absolute atomic E-state index is 0.0228. The number of hydrogen-bond acceptors (Lipinski definition) is 4. The van der Waals surface area contributed by atoms with Crippen LogP contribution >= 0.6 is 11.3 Å². The van der Waals surface area contributed by atoms with Crippen LogP contribution < -0.4 is 5.73 Å². The monoisotopic (exact) mass is 304 g/mol. The minimum Gasteiger partial charge on any atom is -0.365 e. The fraction of sp³-hybridized carbons (Fsp3) is 0.357. The maximum absolute atomic E-state index is 12.4. The van der Waals surface area contributed by atoms with Gasteiger partial charge in [0, 0.05) is 31.4 Å². The third kappa shape index (κ3) is 2.82. The molecule has 1 fully saturated rings. The third-order valence-electron chi connectivity index (χ3n) is 3.75. The Balaban J connectivity index is 1.63. The van der Waals surface area contributed by atoms with Crippen molar-refractivity contribution in [3.05, 3.63) is 40.1 Å². The number of nitrogens with one attached hydrogen (secondary N) is 1. The molecule has 1 saturated heterocycles. The van der Waals surface area contributed by atoms with Crippen molar-refractivity contribution >= 4 is 23.2 Å². The summed E-state index contributed by atoms with van der Waals surface area (Å²) in [6.07, 6.45) is 5.37. The Morgan fingerprint density at radius 2 is 2.00 bits per heavy atom. The molecule has 2 aromatic rings. The molecule has 7 heteroatoms. The van der Waals surface area contributed by atoms with Crippen molar-refractivity contribution in [3.8, 4) is 0 Å². The number of primary amides is 1. The van der Waals surface area contributed by atoms with E-state index in [2.05, 4.69) is 9.97 Å². The molecule has 2 aromatic heterocycles. The first-order valence-electron chi connectivity index (χ1n) is 6.83. The molecule has 2 amide bonds. The van der Waals surface area contributed by atoms with Crippen molar-refractivity contribution in [1.82, 2.24) is 14.9 Å². The maximum atomic E-state index is 12.4. The molecule has 0 bridgehead atoms. The van der Waals surface area contributed by atoms with Crippen LogP contribution in [0, 0.1) is 0 Å². The van der Waals surface area contributed by atoms with Crippen LogP contribution in [0.15, 0.2) is 24.5 Å². The van der Waals surface area contributed by atoms with Gasteiger partial charge < -0.3 is 15.6 Å². The Bertz CT molecular complexity index is 642. The maximum Gasteiger partial charge on any atom is 0.263 e. The number of nitrogens with two attached hydrogens (primary N) is 1. The predicted molar refractivity (Wildman–Crippen MR) is 79.3 cm³/mol.